The molecule has 2 amide bonds. The van der Waals surface area contributed by atoms with Gasteiger partial charge in [0.25, 0.3) is 0 Å². The number of likely N-dealkylation sites (tertiary alicyclic amines) is 1. The molecule has 1 unspecified atom stereocenters. The highest BCUT2D eigenvalue weighted by Crippen LogP contribution is 2.21. The van der Waals surface area contributed by atoms with Gasteiger partial charge in [-0.25, -0.2) is 0 Å². The first-order chi connectivity index (χ1) is 11.6. The number of carbonyl (C=O) groups excluding carboxylic acids is 2. The molecule has 2 aromatic rings. The molecule has 0 radical (unpaired) electrons. The first-order valence-electron chi connectivity index (χ1n) is 7.77. The number of aromatic amines is 1. The quantitative estimate of drug-likeness (QED) is 0.729. The molecule has 1 aromatic carbocycles. The molecule has 8 heteroatoms. The molecule has 3 rings (SSSR count). The Kier molecular flexibility index (Phi) is 4.45. The van der Waals surface area contributed by atoms with Crippen molar-refractivity contribution in [1.82, 2.24) is 20.4 Å². The average molecular weight is 330 g/mol. The van der Waals surface area contributed by atoms with Crippen molar-refractivity contribution in [3.63, 3.8) is 0 Å². The summed E-state index contributed by atoms with van der Waals surface area (Å²) in [6, 6.07) is 6.90. The number of benzene rings is 1. The van der Waals surface area contributed by atoms with E-state index in [-0.39, 0.29) is 12.3 Å². The Morgan fingerprint density at radius 1 is 1.33 bits per heavy atom. The lowest BCUT2D eigenvalue weighted by molar-refractivity contribution is -0.140. The van der Waals surface area contributed by atoms with Gasteiger partial charge in [0.1, 0.15) is 12.6 Å². The van der Waals surface area contributed by atoms with E-state index in [1.54, 1.807) is 0 Å². The fraction of sp³-hybridized carbons (Fsp3) is 0.375. The van der Waals surface area contributed by atoms with Crippen LogP contribution in [0.1, 0.15) is 18.5 Å². The number of amides is 2. The monoisotopic (exact) mass is 330 g/mol. The number of hydrogen-bond donors (Lipinski definition) is 3. The van der Waals surface area contributed by atoms with Gasteiger partial charge in [0.05, 0.1) is 17.6 Å². The molecule has 1 saturated heterocycles. The van der Waals surface area contributed by atoms with Crippen molar-refractivity contribution >= 4 is 28.7 Å². The van der Waals surface area contributed by atoms with Crippen molar-refractivity contribution in [2.45, 2.75) is 25.3 Å². The van der Waals surface area contributed by atoms with Crippen molar-refractivity contribution in [2.24, 2.45) is 0 Å². The first-order valence-corrected chi connectivity index (χ1v) is 7.77. The number of rotatable bonds is 5. The number of nitrogens with zero attached hydrogens (tertiary/aromatic N) is 2. The normalized spacial score (nSPS) is 17.2. The van der Waals surface area contributed by atoms with E-state index < -0.39 is 24.5 Å². The summed E-state index contributed by atoms with van der Waals surface area (Å²) in [5.74, 6) is -1.70. The first kappa shape index (κ1) is 16.0. The number of H-pyrrole nitrogens is 1. The van der Waals surface area contributed by atoms with Gasteiger partial charge in [-0.2, -0.15) is 5.10 Å². The zero-order valence-electron chi connectivity index (χ0n) is 13.0. The Morgan fingerprint density at radius 3 is 2.92 bits per heavy atom. The average Bonchev–Trinajstić information content (AvgIpc) is 3.20. The molecule has 0 bridgehead atoms. The van der Waals surface area contributed by atoms with E-state index in [2.05, 4.69) is 15.5 Å². The molecule has 1 atom stereocenters. The van der Waals surface area contributed by atoms with Crippen molar-refractivity contribution < 1.29 is 19.5 Å². The maximum atomic E-state index is 12.6. The number of hydrogen-bond acceptors (Lipinski definition) is 4. The summed E-state index contributed by atoms with van der Waals surface area (Å²) in [5, 5.41) is 18.9. The number of carboxylic acid groups (broad SMARTS) is 1. The maximum Gasteiger partial charge on any atom is 0.322 e. The number of para-hydroxylation sites is 1. The topological polar surface area (TPSA) is 115 Å². The predicted molar refractivity (Wildman–Crippen MR) is 85.2 cm³/mol. The van der Waals surface area contributed by atoms with Crippen molar-refractivity contribution in [1.29, 1.82) is 0 Å². The van der Waals surface area contributed by atoms with E-state index >= 15 is 0 Å². The van der Waals surface area contributed by atoms with Gasteiger partial charge in [0.15, 0.2) is 0 Å². The zero-order valence-corrected chi connectivity index (χ0v) is 13.0. The zero-order chi connectivity index (χ0) is 17.1. The number of nitrogens with one attached hydrogen (secondary N) is 2. The molecule has 1 aromatic heterocycles. The van der Waals surface area contributed by atoms with Gasteiger partial charge >= 0.3 is 5.97 Å². The fourth-order valence-corrected chi connectivity index (χ4v) is 3.02. The molecule has 126 valence electrons. The maximum absolute atomic E-state index is 12.6. The lowest BCUT2D eigenvalue weighted by Crippen LogP contribution is -2.47. The summed E-state index contributed by atoms with van der Waals surface area (Å²) in [6.07, 6.45) is 1.39. The van der Waals surface area contributed by atoms with Gasteiger partial charge in [-0.1, -0.05) is 18.2 Å². The lowest BCUT2D eigenvalue weighted by atomic mass is 10.1. The standard InChI is InChI=1S/C16H18N4O4/c21-14(8-12-10-4-1-2-5-11(10)18-19-12)20-7-3-6-13(20)16(24)17-9-15(22)23/h1-2,4-5,13H,3,6-9H2,(H,17,24)(H,18,19)(H,22,23). The van der Waals surface area contributed by atoms with Crippen LogP contribution in [0.15, 0.2) is 24.3 Å². The van der Waals surface area contributed by atoms with Gasteiger partial charge in [0.2, 0.25) is 11.8 Å². The molecule has 0 saturated carbocycles. The number of aromatic nitrogens is 2. The number of aliphatic carboxylic acids is 1. The third-order valence-electron chi connectivity index (χ3n) is 4.16. The van der Waals surface area contributed by atoms with Crippen LogP contribution in [0.5, 0.6) is 0 Å². The highest BCUT2D eigenvalue weighted by Gasteiger charge is 2.34. The van der Waals surface area contributed by atoms with Crippen LogP contribution in [-0.2, 0) is 20.8 Å². The summed E-state index contributed by atoms with van der Waals surface area (Å²) in [4.78, 5) is 36.8. The molecule has 8 nitrogen and oxygen atoms in total. The van der Waals surface area contributed by atoms with Crippen molar-refractivity contribution in [3.8, 4) is 0 Å². The van der Waals surface area contributed by atoms with Crippen LogP contribution in [0.25, 0.3) is 10.9 Å². The molecule has 1 fully saturated rings. The van der Waals surface area contributed by atoms with E-state index in [1.165, 1.54) is 4.90 Å². The minimum atomic E-state index is -1.11. The summed E-state index contributed by atoms with van der Waals surface area (Å²) >= 11 is 0. The van der Waals surface area contributed by atoms with Crippen LogP contribution in [0.3, 0.4) is 0 Å². The van der Waals surface area contributed by atoms with Crippen LogP contribution in [0.2, 0.25) is 0 Å². The minimum absolute atomic E-state index is 0.128. The largest absolute Gasteiger partial charge is 0.480 e. The molecule has 3 N–H and O–H groups in total. The van der Waals surface area contributed by atoms with Gasteiger partial charge in [-0.15, -0.1) is 0 Å². The Hall–Kier alpha value is -2.90. The SMILES string of the molecule is O=C(O)CNC(=O)C1CCCN1C(=O)Cc1[nH]nc2ccccc12. The van der Waals surface area contributed by atoms with E-state index in [9.17, 15) is 14.4 Å². The van der Waals surface area contributed by atoms with Gasteiger partial charge < -0.3 is 15.3 Å². The van der Waals surface area contributed by atoms with E-state index in [1.807, 2.05) is 24.3 Å². The van der Waals surface area contributed by atoms with Crippen molar-refractivity contribution in [3.05, 3.63) is 30.0 Å². The molecule has 0 spiro atoms. The highest BCUT2D eigenvalue weighted by molar-refractivity contribution is 5.92. The highest BCUT2D eigenvalue weighted by atomic mass is 16.4. The summed E-state index contributed by atoms with van der Waals surface area (Å²) in [6.45, 7) is 0.0542. The van der Waals surface area contributed by atoms with Crippen molar-refractivity contribution in [2.75, 3.05) is 13.1 Å². The lowest BCUT2D eigenvalue weighted by Gasteiger charge is -2.23. The number of carbonyl (C=O) groups is 3. The smallest absolute Gasteiger partial charge is 0.322 e. The van der Waals surface area contributed by atoms with Gasteiger partial charge in [-0.05, 0) is 18.9 Å². The van der Waals surface area contributed by atoms with Crippen LogP contribution >= 0.6 is 0 Å². The number of fused-ring (bicyclic) bond motifs is 1. The molecule has 0 aliphatic carbocycles. The minimum Gasteiger partial charge on any atom is -0.480 e. The molecular formula is C16H18N4O4. The molecule has 1 aliphatic heterocycles. The third kappa shape index (κ3) is 3.22. The summed E-state index contributed by atoms with van der Waals surface area (Å²) in [5.41, 5.74) is 1.50. The second-order valence-corrected chi connectivity index (χ2v) is 5.75. The predicted octanol–water partition coefficient (Wildman–Crippen LogP) is 0.297. The van der Waals surface area contributed by atoms with Gasteiger partial charge in [0, 0.05) is 11.9 Å². The summed E-state index contributed by atoms with van der Waals surface area (Å²) < 4.78 is 0. The van der Waals surface area contributed by atoms with Crippen LogP contribution < -0.4 is 5.32 Å². The number of carboxylic acids is 1. The Bertz CT molecular complexity index is 785. The second kappa shape index (κ2) is 6.69. The van der Waals surface area contributed by atoms with Gasteiger partial charge in [-0.3, -0.25) is 19.5 Å². The Balaban J connectivity index is 1.69. The summed E-state index contributed by atoms with van der Waals surface area (Å²) in [7, 11) is 0. The van der Waals surface area contributed by atoms with E-state index in [4.69, 9.17) is 5.11 Å². The van der Waals surface area contributed by atoms with Crippen LogP contribution in [0.4, 0.5) is 0 Å². The van der Waals surface area contributed by atoms with Crippen LogP contribution in [-0.4, -0.2) is 57.1 Å². The third-order valence-corrected chi connectivity index (χ3v) is 4.16. The fourth-order valence-electron chi connectivity index (χ4n) is 3.02. The Morgan fingerprint density at radius 2 is 2.12 bits per heavy atom. The second-order valence-electron chi connectivity index (χ2n) is 5.75. The van der Waals surface area contributed by atoms with E-state index in [0.717, 1.165) is 17.3 Å². The van der Waals surface area contributed by atoms with E-state index in [0.29, 0.717) is 18.7 Å². The molecule has 2 heterocycles. The molecule has 1 aliphatic rings. The Labute approximate surface area is 137 Å². The molecule has 24 heavy (non-hydrogen) atoms. The van der Waals surface area contributed by atoms with Crippen LogP contribution in [0, 0.1) is 0 Å². The molecular weight excluding hydrogens is 312 g/mol.